The fourth-order valence-electron chi connectivity index (χ4n) is 1.14. The monoisotopic (exact) mass is 213 g/mol. The summed E-state index contributed by atoms with van der Waals surface area (Å²) in [6.45, 7) is 1.37. The molecule has 1 aromatic heterocycles. The number of nitrogens with zero attached hydrogens (tertiary/aromatic N) is 1. The van der Waals surface area contributed by atoms with Gasteiger partial charge in [-0.15, -0.1) is 0 Å². The van der Waals surface area contributed by atoms with Crippen LogP contribution in [0.25, 0.3) is 0 Å². The molecule has 0 atom stereocenters. The molecule has 0 aliphatic rings. The molecule has 0 aromatic carbocycles. The van der Waals surface area contributed by atoms with E-state index in [1.165, 1.54) is 27.2 Å². The average Bonchev–Trinajstić information content (AvgIpc) is 2.20. The number of rotatable bonds is 4. The maximum Gasteiger partial charge on any atom is 0.217 e. The number of halogens is 1. The Kier molecular flexibility index (Phi) is 3.60. The fourth-order valence-corrected chi connectivity index (χ4v) is 1.14. The van der Waals surface area contributed by atoms with E-state index in [9.17, 15) is 9.18 Å². The Balaban J connectivity index is 3.17. The Bertz CT molecular complexity index is 379. The lowest BCUT2D eigenvalue weighted by molar-refractivity contribution is -0.116. The number of ether oxygens (including phenoxy) is 2. The van der Waals surface area contributed by atoms with Crippen LogP contribution in [0, 0.1) is 5.82 Å². The van der Waals surface area contributed by atoms with E-state index in [-0.39, 0.29) is 29.5 Å². The SMILES string of the molecule is COc1cc(OC)c(F)c(CC(C)=O)n1. The summed E-state index contributed by atoms with van der Waals surface area (Å²) in [6.07, 6.45) is -0.0700. The van der Waals surface area contributed by atoms with Crippen molar-refractivity contribution in [3.8, 4) is 11.6 Å². The van der Waals surface area contributed by atoms with Crippen LogP contribution in [0.4, 0.5) is 4.39 Å². The zero-order valence-electron chi connectivity index (χ0n) is 8.83. The first kappa shape index (κ1) is 11.4. The van der Waals surface area contributed by atoms with Gasteiger partial charge in [0.1, 0.15) is 5.78 Å². The van der Waals surface area contributed by atoms with Gasteiger partial charge in [-0.25, -0.2) is 9.37 Å². The summed E-state index contributed by atoms with van der Waals surface area (Å²) in [6, 6.07) is 1.33. The van der Waals surface area contributed by atoms with Gasteiger partial charge in [0.15, 0.2) is 11.6 Å². The average molecular weight is 213 g/mol. The van der Waals surface area contributed by atoms with Gasteiger partial charge < -0.3 is 9.47 Å². The minimum absolute atomic E-state index is 0.0260. The highest BCUT2D eigenvalue weighted by Crippen LogP contribution is 2.24. The number of ketones is 1. The molecule has 1 rings (SSSR count). The van der Waals surface area contributed by atoms with E-state index in [1.807, 2.05) is 0 Å². The number of aromatic nitrogens is 1. The predicted octanol–water partition coefficient (Wildman–Crippen LogP) is 1.37. The molecule has 4 nitrogen and oxygen atoms in total. The second-order valence-electron chi connectivity index (χ2n) is 3.01. The number of carbonyl (C=O) groups is 1. The van der Waals surface area contributed by atoms with E-state index in [2.05, 4.69) is 4.98 Å². The molecule has 0 saturated heterocycles. The first-order chi connectivity index (χ1) is 7.08. The van der Waals surface area contributed by atoms with Gasteiger partial charge in [0, 0.05) is 6.07 Å². The summed E-state index contributed by atoms with van der Waals surface area (Å²) in [7, 11) is 2.76. The van der Waals surface area contributed by atoms with Crippen molar-refractivity contribution in [2.24, 2.45) is 0 Å². The topological polar surface area (TPSA) is 48.4 Å². The summed E-state index contributed by atoms with van der Waals surface area (Å²) in [5.74, 6) is -0.534. The van der Waals surface area contributed by atoms with Gasteiger partial charge >= 0.3 is 0 Å². The largest absolute Gasteiger partial charge is 0.493 e. The van der Waals surface area contributed by atoms with Crippen LogP contribution >= 0.6 is 0 Å². The Labute approximate surface area is 87.0 Å². The number of Topliss-reactive ketones (excluding diaryl/α,β-unsaturated/α-hetero) is 1. The number of hydrogen-bond donors (Lipinski definition) is 0. The Morgan fingerprint density at radius 1 is 1.47 bits per heavy atom. The lowest BCUT2D eigenvalue weighted by Crippen LogP contribution is -2.05. The molecular weight excluding hydrogens is 201 g/mol. The molecule has 1 aromatic rings. The molecule has 0 bridgehead atoms. The lowest BCUT2D eigenvalue weighted by Gasteiger charge is -2.08. The fraction of sp³-hybridized carbons (Fsp3) is 0.400. The number of pyridine rings is 1. The molecule has 0 saturated carbocycles. The zero-order chi connectivity index (χ0) is 11.4. The molecular formula is C10H12FNO3. The molecule has 0 spiro atoms. The molecule has 5 heteroatoms. The highest BCUT2D eigenvalue weighted by Gasteiger charge is 2.14. The van der Waals surface area contributed by atoms with Crippen molar-refractivity contribution >= 4 is 5.78 Å². The third-order valence-electron chi connectivity index (χ3n) is 1.81. The van der Waals surface area contributed by atoms with Crippen LogP contribution in [-0.2, 0) is 11.2 Å². The van der Waals surface area contributed by atoms with Crippen molar-refractivity contribution < 1.29 is 18.7 Å². The van der Waals surface area contributed by atoms with E-state index < -0.39 is 5.82 Å². The van der Waals surface area contributed by atoms with Crippen LogP contribution in [0.5, 0.6) is 11.6 Å². The van der Waals surface area contributed by atoms with Gasteiger partial charge in [0.05, 0.1) is 26.3 Å². The van der Waals surface area contributed by atoms with Crippen LogP contribution in [-0.4, -0.2) is 25.0 Å². The molecule has 0 N–H and O–H groups in total. The van der Waals surface area contributed by atoms with Crippen molar-refractivity contribution in [1.82, 2.24) is 4.98 Å². The Hall–Kier alpha value is -1.65. The summed E-state index contributed by atoms with van der Waals surface area (Å²) < 4.78 is 23.2. The predicted molar refractivity (Wildman–Crippen MR) is 51.7 cm³/mol. The van der Waals surface area contributed by atoms with E-state index in [1.54, 1.807) is 0 Å². The first-order valence-corrected chi connectivity index (χ1v) is 4.35. The van der Waals surface area contributed by atoms with Crippen LogP contribution in [0.1, 0.15) is 12.6 Å². The summed E-state index contributed by atoms with van der Waals surface area (Å²) in [4.78, 5) is 14.7. The molecule has 0 radical (unpaired) electrons. The Morgan fingerprint density at radius 2 is 2.13 bits per heavy atom. The van der Waals surface area contributed by atoms with E-state index in [0.717, 1.165) is 0 Å². The normalized spacial score (nSPS) is 9.87. The molecule has 82 valence electrons. The van der Waals surface area contributed by atoms with Gasteiger partial charge in [-0.05, 0) is 6.92 Å². The van der Waals surface area contributed by atoms with Crippen molar-refractivity contribution in [3.63, 3.8) is 0 Å². The summed E-state index contributed by atoms with van der Waals surface area (Å²) in [5, 5.41) is 0. The molecule has 0 aliphatic carbocycles. The quantitative estimate of drug-likeness (QED) is 0.757. The van der Waals surface area contributed by atoms with Crippen LogP contribution < -0.4 is 9.47 Å². The van der Waals surface area contributed by atoms with Crippen molar-refractivity contribution in [1.29, 1.82) is 0 Å². The molecule has 0 unspecified atom stereocenters. The molecule has 15 heavy (non-hydrogen) atoms. The van der Waals surface area contributed by atoms with Crippen molar-refractivity contribution in [2.75, 3.05) is 14.2 Å². The van der Waals surface area contributed by atoms with Gasteiger partial charge in [-0.3, -0.25) is 4.79 Å². The number of methoxy groups -OCH3 is 2. The van der Waals surface area contributed by atoms with E-state index in [4.69, 9.17) is 9.47 Å². The minimum atomic E-state index is -0.617. The van der Waals surface area contributed by atoms with Gasteiger partial charge in [0.25, 0.3) is 0 Å². The van der Waals surface area contributed by atoms with E-state index in [0.29, 0.717) is 0 Å². The zero-order valence-corrected chi connectivity index (χ0v) is 8.83. The second kappa shape index (κ2) is 4.72. The van der Waals surface area contributed by atoms with E-state index >= 15 is 0 Å². The molecule has 0 fully saturated rings. The van der Waals surface area contributed by atoms with Crippen LogP contribution in [0.2, 0.25) is 0 Å². The second-order valence-corrected chi connectivity index (χ2v) is 3.01. The molecule has 0 aliphatic heterocycles. The van der Waals surface area contributed by atoms with Crippen molar-refractivity contribution in [3.05, 3.63) is 17.6 Å². The lowest BCUT2D eigenvalue weighted by atomic mass is 10.2. The highest BCUT2D eigenvalue weighted by molar-refractivity contribution is 5.77. The number of hydrogen-bond acceptors (Lipinski definition) is 4. The minimum Gasteiger partial charge on any atom is -0.493 e. The standard InChI is InChI=1S/C10H12FNO3/c1-6(13)4-7-10(11)8(14-2)5-9(12-7)15-3/h5H,4H2,1-3H3. The summed E-state index contributed by atoms with van der Waals surface area (Å²) >= 11 is 0. The van der Waals surface area contributed by atoms with Crippen LogP contribution in [0.15, 0.2) is 6.07 Å². The first-order valence-electron chi connectivity index (χ1n) is 4.35. The van der Waals surface area contributed by atoms with Gasteiger partial charge in [0.2, 0.25) is 5.88 Å². The maximum absolute atomic E-state index is 13.6. The van der Waals surface area contributed by atoms with Gasteiger partial charge in [-0.1, -0.05) is 0 Å². The smallest absolute Gasteiger partial charge is 0.217 e. The number of carbonyl (C=O) groups excluding carboxylic acids is 1. The third-order valence-corrected chi connectivity index (χ3v) is 1.81. The molecule has 0 amide bonds. The Morgan fingerprint density at radius 3 is 2.60 bits per heavy atom. The van der Waals surface area contributed by atoms with Crippen LogP contribution in [0.3, 0.4) is 0 Å². The highest BCUT2D eigenvalue weighted by atomic mass is 19.1. The van der Waals surface area contributed by atoms with Gasteiger partial charge in [-0.2, -0.15) is 0 Å². The third kappa shape index (κ3) is 2.65. The summed E-state index contributed by atoms with van der Waals surface area (Å²) in [5.41, 5.74) is 0.0405. The maximum atomic E-state index is 13.6. The molecule has 1 heterocycles. The van der Waals surface area contributed by atoms with Crippen molar-refractivity contribution in [2.45, 2.75) is 13.3 Å².